The van der Waals surface area contributed by atoms with Crippen molar-refractivity contribution in [2.45, 2.75) is 6.92 Å². The average Bonchev–Trinajstić information content (AvgIpc) is 2.85. The Hall–Kier alpha value is -2.06. The Labute approximate surface area is 115 Å². The summed E-state index contributed by atoms with van der Waals surface area (Å²) >= 11 is 5.96. The number of benzene rings is 2. The van der Waals surface area contributed by atoms with Crippen molar-refractivity contribution in [2.75, 3.05) is 0 Å². The maximum atomic E-state index is 12.3. The minimum Gasteiger partial charge on any atom is -0.453 e. The van der Waals surface area contributed by atoms with Crippen molar-refractivity contribution in [3.8, 4) is 0 Å². The summed E-state index contributed by atoms with van der Waals surface area (Å²) in [5, 5.41) is 1.58. The van der Waals surface area contributed by atoms with Crippen molar-refractivity contribution in [1.29, 1.82) is 0 Å². The third-order valence-electron chi connectivity index (χ3n) is 3.07. The van der Waals surface area contributed by atoms with Gasteiger partial charge in [0.05, 0.1) is 0 Å². The van der Waals surface area contributed by atoms with Gasteiger partial charge < -0.3 is 4.42 Å². The molecule has 2 nitrogen and oxygen atoms in total. The van der Waals surface area contributed by atoms with Gasteiger partial charge in [-0.05, 0) is 42.8 Å². The van der Waals surface area contributed by atoms with E-state index in [0.717, 1.165) is 16.5 Å². The van der Waals surface area contributed by atoms with Crippen LogP contribution in [0, 0.1) is 6.92 Å². The molecular weight excluding hydrogens is 260 g/mol. The number of halogens is 1. The number of rotatable bonds is 2. The molecule has 0 aliphatic carbocycles. The van der Waals surface area contributed by atoms with Gasteiger partial charge in [0.1, 0.15) is 5.58 Å². The van der Waals surface area contributed by atoms with Crippen LogP contribution in [0.2, 0.25) is 5.02 Å². The number of ketones is 1. The van der Waals surface area contributed by atoms with E-state index < -0.39 is 0 Å². The van der Waals surface area contributed by atoms with Crippen LogP contribution in [0.15, 0.2) is 52.9 Å². The fraction of sp³-hybridized carbons (Fsp3) is 0.0625. The van der Waals surface area contributed by atoms with E-state index in [4.69, 9.17) is 16.0 Å². The lowest BCUT2D eigenvalue weighted by atomic mass is 10.1. The van der Waals surface area contributed by atoms with E-state index in [1.165, 1.54) is 0 Å². The Kier molecular flexibility index (Phi) is 2.88. The number of carbonyl (C=O) groups excluding carboxylic acids is 1. The largest absolute Gasteiger partial charge is 0.453 e. The van der Waals surface area contributed by atoms with Crippen LogP contribution < -0.4 is 0 Å². The summed E-state index contributed by atoms with van der Waals surface area (Å²) in [5.74, 6) is 0.221. The first-order valence-corrected chi connectivity index (χ1v) is 6.32. The van der Waals surface area contributed by atoms with Crippen molar-refractivity contribution in [2.24, 2.45) is 0 Å². The zero-order valence-electron chi connectivity index (χ0n) is 10.3. The minimum atomic E-state index is -0.129. The third kappa shape index (κ3) is 2.15. The van der Waals surface area contributed by atoms with Crippen LogP contribution in [0.3, 0.4) is 0 Å². The molecule has 0 amide bonds. The van der Waals surface area contributed by atoms with Gasteiger partial charge in [0.15, 0.2) is 5.76 Å². The van der Waals surface area contributed by atoms with Crippen LogP contribution in [0.1, 0.15) is 21.7 Å². The van der Waals surface area contributed by atoms with Gasteiger partial charge in [0.2, 0.25) is 5.78 Å². The molecule has 0 spiro atoms. The lowest BCUT2D eigenvalue weighted by molar-refractivity contribution is 0.101. The molecule has 0 aliphatic rings. The highest BCUT2D eigenvalue weighted by Gasteiger charge is 2.15. The van der Waals surface area contributed by atoms with E-state index in [2.05, 4.69) is 0 Å². The molecule has 0 N–H and O–H groups in total. The van der Waals surface area contributed by atoms with Gasteiger partial charge in [-0.1, -0.05) is 29.8 Å². The highest BCUT2D eigenvalue weighted by molar-refractivity contribution is 6.31. The molecule has 0 unspecified atom stereocenters. The van der Waals surface area contributed by atoms with Gasteiger partial charge in [-0.3, -0.25) is 4.79 Å². The van der Waals surface area contributed by atoms with Gasteiger partial charge in [0.25, 0.3) is 0 Å². The van der Waals surface area contributed by atoms with Crippen molar-refractivity contribution in [3.63, 3.8) is 0 Å². The zero-order chi connectivity index (χ0) is 13.4. The molecule has 2 aromatic carbocycles. The van der Waals surface area contributed by atoms with Crippen LogP contribution in [-0.4, -0.2) is 5.78 Å². The van der Waals surface area contributed by atoms with Crippen molar-refractivity contribution < 1.29 is 9.21 Å². The lowest BCUT2D eigenvalue weighted by Crippen LogP contribution is -1.99. The van der Waals surface area contributed by atoms with E-state index >= 15 is 0 Å². The standard InChI is InChI=1S/C16H11ClO2/c1-10-8-12(6-7-13(10)17)16(18)15-9-11-4-2-3-5-14(11)19-15/h2-9H,1H3. The zero-order valence-corrected chi connectivity index (χ0v) is 11.1. The normalized spacial score (nSPS) is 10.8. The second-order valence-corrected chi connectivity index (χ2v) is 4.85. The van der Waals surface area contributed by atoms with Crippen LogP contribution in [0.4, 0.5) is 0 Å². The molecule has 94 valence electrons. The van der Waals surface area contributed by atoms with Crippen LogP contribution >= 0.6 is 11.6 Å². The summed E-state index contributed by atoms with van der Waals surface area (Å²) in [7, 11) is 0. The molecule has 0 saturated carbocycles. The molecule has 1 aromatic heterocycles. The van der Waals surface area contributed by atoms with Crippen molar-refractivity contribution in [1.82, 2.24) is 0 Å². The first-order chi connectivity index (χ1) is 9.15. The SMILES string of the molecule is Cc1cc(C(=O)c2cc3ccccc3o2)ccc1Cl. The molecule has 0 fully saturated rings. The smallest absolute Gasteiger partial charge is 0.228 e. The molecule has 3 heteroatoms. The first-order valence-electron chi connectivity index (χ1n) is 5.94. The van der Waals surface area contributed by atoms with Crippen LogP contribution in [0.25, 0.3) is 11.0 Å². The number of para-hydroxylation sites is 1. The fourth-order valence-corrected chi connectivity index (χ4v) is 2.14. The predicted octanol–water partition coefficient (Wildman–Crippen LogP) is 4.63. The quantitative estimate of drug-likeness (QED) is 0.636. The number of carbonyl (C=O) groups is 1. The Bertz CT molecular complexity index is 738. The number of furan rings is 1. The van der Waals surface area contributed by atoms with Crippen LogP contribution in [0.5, 0.6) is 0 Å². The molecule has 19 heavy (non-hydrogen) atoms. The Morgan fingerprint density at radius 3 is 2.63 bits per heavy atom. The molecule has 3 rings (SSSR count). The number of hydrogen-bond donors (Lipinski definition) is 0. The molecule has 1 heterocycles. The molecule has 0 saturated heterocycles. The molecule has 0 radical (unpaired) electrons. The van der Waals surface area contributed by atoms with Gasteiger partial charge in [-0.25, -0.2) is 0 Å². The van der Waals surface area contributed by atoms with E-state index in [1.54, 1.807) is 24.3 Å². The Morgan fingerprint density at radius 1 is 1.11 bits per heavy atom. The van der Waals surface area contributed by atoms with E-state index in [0.29, 0.717) is 16.3 Å². The molecule has 0 aliphatic heterocycles. The summed E-state index contributed by atoms with van der Waals surface area (Å²) in [6.07, 6.45) is 0. The first kappa shape index (κ1) is 12.0. The van der Waals surface area contributed by atoms with E-state index in [9.17, 15) is 4.79 Å². The highest BCUT2D eigenvalue weighted by Crippen LogP contribution is 2.23. The van der Waals surface area contributed by atoms with Gasteiger partial charge in [-0.15, -0.1) is 0 Å². The summed E-state index contributed by atoms with van der Waals surface area (Å²) in [6.45, 7) is 1.87. The lowest BCUT2D eigenvalue weighted by Gasteiger charge is -2.01. The number of aryl methyl sites for hydroxylation is 1. The average molecular weight is 271 g/mol. The Balaban J connectivity index is 2.05. The molecule has 0 atom stereocenters. The Morgan fingerprint density at radius 2 is 1.89 bits per heavy atom. The monoisotopic (exact) mass is 270 g/mol. The van der Waals surface area contributed by atoms with Crippen molar-refractivity contribution in [3.05, 3.63) is 70.4 Å². The van der Waals surface area contributed by atoms with Gasteiger partial charge in [-0.2, -0.15) is 0 Å². The van der Waals surface area contributed by atoms with Crippen molar-refractivity contribution >= 4 is 28.4 Å². The van der Waals surface area contributed by atoms with E-state index in [-0.39, 0.29) is 5.78 Å². The molecular formula is C16H11ClO2. The van der Waals surface area contributed by atoms with Gasteiger partial charge in [0, 0.05) is 16.0 Å². The maximum absolute atomic E-state index is 12.3. The predicted molar refractivity (Wildman–Crippen MR) is 75.8 cm³/mol. The summed E-state index contributed by atoms with van der Waals surface area (Å²) in [5.41, 5.74) is 2.18. The number of hydrogen-bond acceptors (Lipinski definition) is 2. The maximum Gasteiger partial charge on any atom is 0.228 e. The summed E-state index contributed by atoms with van der Waals surface area (Å²) < 4.78 is 5.57. The topological polar surface area (TPSA) is 30.2 Å². The fourth-order valence-electron chi connectivity index (χ4n) is 2.02. The van der Waals surface area contributed by atoms with Gasteiger partial charge >= 0.3 is 0 Å². The minimum absolute atomic E-state index is 0.129. The second-order valence-electron chi connectivity index (χ2n) is 4.44. The summed E-state index contributed by atoms with van der Waals surface area (Å²) in [6, 6.07) is 14.5. The molecule has 0 bridgehead atoms. The third-order valence-corrected chi connectivity index (χ3v) is 3.49. The second kappa shape index (κ2) is 4.56. The van der Waals surface area contributed by atoms with E-state index in [1.807, 2.05) is 31.2 Å². The number of fused-ring (bicyclic) bond motifs is 1. The van der Waals surface area contributed by atoms with Crippen LogP contribution in [-0.2, 0) is 0 Å². The highest BCUT2D eigenvalue weighted by atomic mass is 35.5. The summed E-state index contributed by atoms with van der Waals surface area (Å²) in [4.78, 5) is 12.3. The molecule has 3 aromatic rings.